The molecule has 134 valence electrons. The number of morpholine rings is 1. The van der Waals surface area contributed by atoms with Crippen molar-refractivity contribution in [2.45, 2.75) is 6.04 Å². The lowest BCUT2D eigenvalue weighted by molar-refractivity contribution is -0.134. The van der Waals surface area contributed by atoms with Gasteiger partial charge in [0.15, 0.2) is 0 Å². The van der Waals surface area contributed by atoms with E-state index in [-0.39, 0.29) is 17.8 Å². The van der Waals surface area contributed by atoms with Gasteiger partial charge in [-0.05, 0) is 35.9 Å². The first-order chi connectivity index (χ1) is 12.6. The fraction of sp³-hybridized carbons (Fsp3) is 0.222. The van der Waals surface area contributed by atoms with Crippen molar-refractivity contribution < 1.29 is 14.3 Å². The molecule has 1 aliphatic heterocycles. The Morgan fingerprint density at radius 2 is 2.08 bits per heavy atom. The van der Waals surface area contributed by atoms with Gasteiger partial charge in [0.2, 0.25) is 11.7 Å². The van der Waals surface area contributed by atoms with Crippen LogP contribution in [0.15, 0.2) is 49.3 Å². The van der Waals surface area contributed by atoms with Crippen LogP contribution in [-0.4, -0.2) is 46.4 Å². The van der Waals surface area contributed by atoms with Gasteiger partial charge in [-0.2, -0.15) is 0 Å². The Morgan fingerprint density at radius 3 is 2.81 bits per heavy atom. The summed E-state index contributed by atoms with van der Waals surface area (Å²) in [4.78, 5) is 33.9. The molecular formula is C18H17ClN4O3. The van der Waals surface area contributed by atoms with E-state index < -0.39 is 5.91 Å². The highest BCUT2D eigenvalue weighted by Crippen LogP contribution is 2.29. The van der Waals surface area contributed by atoms with Crippen LogP contribution in [0, 0.1) is 0 Å². The molecule has 0 aliphatic carbocycles. The predicted octanol–water partition coefficient (Wildman–Crippen LogP) is 2.47. The second-order valence-corrected chi connectivity index (χ2v) is 6.06. The van der Waals surface area contributed by atoms with E-state index in [0.29, 0.717) is 30.5 Å². The summed E-state index contributed by atoms with van der Waals surface area (Å²) in [6.45, 7) is 4.81. The van der Waals surface area contributed by atoms with Crippen LogP contribution in [0.25, 0.3) is 0 Å². The molecule has 1 saturated heterocycles. The van der Waals surface area contributed by atoms with Crippen molar-refractivity contribution in [2.24, 2.45) is 0 Å². The number of hydrogen-bond donors (Lipinski definition) is 1. The Balaban J connectivity index is 1.86. The lowest BCUT2D eigenvalue weighted by Crippen LogP contribution is -2.42. The summed E-state index contributed by atoms with van der Waals surface area (Å²) in [7, 11) is 0. The topological polar surface area (TPSA) is 84.4 Å². The van der Waals surface area contributed by atoms with Crippen LogP contribution in [0.3, 0.4) is 0 Å². The molecule has 1 atom stereocenters. The minimum absolute atomic E-state index is 0.0542. The second-order valence-electron chi connectivity index (χ2n) is 5.63. The number of carbonyl (C=O) groups is 2. The van der Waals surface area contributed by atoms with E-state index in [2.05, 4.69) is 21.9 Å². The van der Waals surface area contributed by atoms with Gasteiger partial charge in [0.1, 0.15) is 0 Å². The van der Waals surface area contributed by atoms with Crippen molar-refractivity contribution >= 4 is 29.1 Å². The third-order valence-corrected chi connectivity index (χ3v) is 4.14. The molecule has 2 amide bonds. The molecule has 0 spiro atoms. The molecule has 0 radical (unpaired) electrons. The largest absolute Gasteiger partial charge is 0.377 e. The van der Waals surface area contributed by atoms with Crippen LogP contribution in [0.5, 0.6) is 0 Å². The molecule has 8 heteroatoms. The number of amides is 2. The van der Waals surface area contributed by atoms with Gasteiger partial charge in [0, 0.05) is 29.6 Å². The van der Waals surface area contributed by atoms with Gasteiger partial charge in [0.25, 0.3) is 5.91 Å². The van der Waals surface area contributed by atoms with Crippen molar-refractivity contribution in [3.05, 3.63) is 65.7 Å². The zero-order valence-electron chi connectivity index (χ0n) is 13.9. The predicted molar refractivity (Wildman–Crippen MR) is 96.9 cm³/mol. The zero-order valence-corrected chi connectivity index (χ0v) is 14.6. The van der Waals surface area contributed by atoms with E-state index in [9.17, 15) is 9.59 Å². The Bertz CT molecular complexity index is 828. The first-order valence-electron chi connectivity index (χ1n) is 7.98. The highest BCUT2D eigenvalue weighted by molar-refractivity contribution is 6.31. The maximum atomic E-state index is 12.3. The van der Waals surface area contributed by atoms with Crippen LogP contribution < -0.4 is 5.32 Å². The molecule has 1 N–H and O–H groups in total. The standard InChI is InChI=1S/C18H17ClN4O3/c1-2-16(24)23-6-7-26-11-15(23)12-8-13(19)10-14(9-12)22-18(25)17-20-4-3-5-21-17/h2-5,8-10,15H,1,6-7,11H2,(H,22,25). The van der Waals surface area contributed by atoms with Crippen molar-refractivity contribution in [1.29, 1.82) is 0 Å². The molecule has 0 bridgehead atoms. The van der Waals surface area contributed by atoms with E-state index in [4.69, 9.17) is 16.3 Å². The Hall–Kier alpha value is -2.77. The fourth-order valence-corrected chi connectivity index (χ4v) is 2.98. The monoisotopic (exact) mass is 372 g/mol. The molecule has 2 heterocycles. The Kier molecular flexibility index (Phi) is 5.60. The molecule has 1 unspecified atom stereocenters. The van der Waals surface area contributed by atoms with Crippen LogP contribution in [0.2, 0.25) is 5.02 Å². The lowest BCUT2D eigenvalue weighted by Gasteiger charge is -2.35. The number of halogens is 1. The van der Waals surface area contributed by atoms with E-state index in [1.54, 1.807) is 29.2 Å². The third-order valence-electron chi connectivity index (χ3n) is 3.92. The molecule has 3 rings (SSSR count). The minimum atomic E-state index is -0.447. The highest BCUT2D eigenvalue weighted by Gasteiger charge is 2.28. The number of hydrogen-bond acceptors (Lipinski definition) is 5. The second kappa shape index (κ2) is 8.07. The molecule has 0 saturated carbocycles. The van der Waals surface area contributed by atoms with Crippen molar-refractivity contribution in [2.75, 3.05) is 25.1 Å². The molecular weight excluding hydrogens is 356 g/mol. The van der Waals surface area contributed by atoms with E-state index in [1.165, 1.54) is 18.5 Å². The SMILES string of the molecule is C=CC(=O)N1CCOCC1c1cc(Cl)cc(NC(=O)c2ncccn2)c1. The Labute approximate surface area is 155 Å². The third kappa shape index (κ3) is 4.07. The van der Waals surface area contributed by atoms with E-state index in [0.717, 1.165) is 5.56 Å². The normalized spacial score (nSPS) is 16.8. The molecule has 1 aromatic carbocycles. The highest BCUT2D eigenvalue weighted by atomic mass is 35.5. The number of nitrogens with one attached hydrogen (secondary N) is 1. The quantitative estimate of drug-likeness (QED) is 0.833. The van der Waals surface area contributed by atoms with Crippen LogP contribution in [0.1, 0.15) is 22.2 Å². The Morgan fingerprint density at radius 1 is 1.31 bits per heavy atom. The number of nitrogens with zero attached hydrogens (tertiary/aromatic N) is 3. The van der Waals surface area contributed by atoms with Crippen molar-refractivity contribution in [3.8, 4) is 0 Å². The van der Waals surface area contributed by atoms with Gasteiger partial charge in [-0.15, -0.1) is 0 Å². The number of benzene rings is 1. The molecule has 1 fully saturated rings. The summed E-state index contributed by atoms with van der Waals surface area (Å²) in [5.41, 5.74) is 1.25. The first-order valence-corrected chi connectivity index (χ1v) is 8.36. The molecule has 2 aromatic rings. The molecule has 7 nitrogen and oxygen atoms in total. The number of ether oxygens (including phenoxy) is 1. The fourth-order valence-electron chi connectivity index (χ4n) is 2.74. The van der Waals surface area contributed by atoms with Gasteiger partial charge < -0.3 is 15.0 Å². The van der Waals surface area contributed by atoms with E-state index >= 15 is 0 Å². The van der Waals surface area contributed by atoms with Gasteiger partial charge in [-0.3, -0.25) is 9.59 Å². The number of aromatic nitrogens is 2. The van der Waals surface area contributed by atoms with Crippen molar-refractivity contribution in [1.82, 2.24) is 14.9 Å². The summed E-state index contributed by atoms with van der Waals surface area (Å²) in [6, 6.07) is 6.45. The van der Waals surface area contributed by atoms with Crippen LogP contribution in [-0.2, 0) is 9.53 Å². The summed E-state index contributed by atoms with van der Waals surface area (Å²) < 4.78 is 5.51. The average Bonchev–Trinajstić information content (AvgIpc) is 2.67. The summed E-state index contributed by atoms with van der Waals surface area (Å²) in [6.07, 6.45) is 4.26. The summed E-state index contributed by atoms with van der Waals surface area (Å²) in [5.74, 6) is -0.572. The van der Waals surface area contributed by atoms with Gasteiger partial charge >= 0.3 is 0 Å². The van der Waals surface area contributed by atoms with Gasteiger partial charge in [0.05, 0.1) is 19.3 Å². The smallest absolute Gasteiger partial charge is 0.293 e. The maximum absolute atomic E-state index is 12.3. The summed E-state index contributed by atoms with van der Waals surface area (Å²) in [5, 5.41) is 3.16. The molecule has 1 aliphatic rings. The number of anilines is 1. The maximum Gasteiger partial charge on any atom is 0.293 e. The van der Waals surface area contributed by atoms with Gasteiger partial charge in [-0.1, -0.05) is 18.2 Å². The van der Waals surface area contributed by atoms with Crippen LogP contribution >= 0.6 is 11.6 Å². The number of carbonyl (C=O) groups excluding carboxylic acids is 2. The van der Waals surface area contributed by atoms with E-state index in [1.807, 2.05) is 0 Å². The van der Waals surface area contributed by atoms with Gasteiger partial charge in [-0.25, -0.2) is 9.97 Å². The lowest BCUT2D eigenvalue weighted by atomic mass is 10.0. The average molecular weight is 373 g/mol. The minimum Gasteiger partial charge on any atom is -0.377 e. The van der Waals surface area contributed by atoms with Crippen molar-refractivity contribution in [3.63, 3.8) is 0 Å². The molecule has 26 heavy (non-hydrogen) atoms. The number of rotatable bonds is 4. The summed E-state index contributed by atoms with van der Waals surface area (Å²) >= 11 is 6.21. The molecule has 1 aromatic heterocycles. The first kappa shape index (κ1) is 18.0. The van der Waals surface area contributed by atoms with Crippen LogP contribution in [0.4, 0.5) is 5.69 Å². The zero-order chi connectivity index (χ0) is 18.5.